The average Bonchev–Trinajstić information content (AvgIpc) is 2.03. The first-order valence-electron chi connectivity index (χ1n) is 3.02. The summed E-state index contributed by atoms with van der Waals surface area (Å²) in [7, 11) is 0. The highest BCUT2D eigenvalue weighted by Crippen LogP contribution is 2.04. The molecule has 1 heterocycles. The van der Waals surface area contributed by atoms with Crippen LogP contribution in [-0.4, -0.2) is 15.1 Å². The SMILES string of the molecule is N=C(N)SCc1ncccn1. The van der Waals surface area contributed by atoms with Gasteiger partial charge in [0, 0.05) is 12.4 Å². The molecule has 0 atom stereocenters. The van der Waals surface area contributed by atoms with Gasteiger partial charge in [-0.3, -0.25) is 5.41 Å². The monoisotopic (exact) mass is 168 g/mol. The van der Waals surface area contributed by atoms with E-state index < -0.39 is 0 Å². The second kappa shape index (κ2) is 3.92. The van der Waals surface area contributed by atoms with Crippen molar-refractivity contribution >= 4 is 16.9 Å². The fourth-order valence-corrected chi connectivity index (χ4v) is 0.980. The van der Waals surface area contributed by atoms with Crippen molar-refractivity contribution in [3.05, 3.63) is 24.3 Å². The smallest absolute Gasteiger partial charge is 0.151 e. The number of nitrogens with zero attached hydrogens (tertiary/aromatic N) is 2. The van der Waals surface area contributed by atoms with Gasteiger partial charge in [0.15, 0.2) is 5.17 Å². The summed E-state index contributed by atoms with van der Waals surface area (Å²) in [6, 6.07) is 1.75. The second-order valence-electron chi connectivity index (χ2n) is 1.82. The van der Waals surface area contributed by atoms with E-state index in [-0.39, 0.29) is 5.17 Å². The third-order valence-electron chi connectivity index (χ3n) is 0.976. The molecule has 0 aliphatic rings. The molecular weight excluding hydrogens is 160 g/mol. The summed E-state index contributed by atoms with van der Waals surface area (Å²) in [5, 5.41) is 7.02. The molecular formula is C6H8N4S. The molecule has 1 aromatic rings. The van der Waals surface area contributed by atoms with Crippen LogP contribution in [-0.2, 0) is 5.75 Å². The van der Waals surface area contributed by atoms with Gasteiger partial charge in [-0.2, -0.15) is 0 Å². The Bertz CT molecular complexity index is 236. The summed E-state index contributed by atoms with van der Waals surface area (Å²) in [5.41, 5.74) is 5.13. The molecule has 1 rings (SSSR count). The molecule has 0 saturated carbocycles. The maximum Gasteiger partial charge on any atom is 0.151 e. The Kier molecular flexibility index (Phi) is 2.85. The van der Waals surface area contributed by atoms with Crippen LogP contribution in [0.15, 0.2) is 18.5 Å². The second-order valence-corrected chi connectivity index (χ2v) is 2.84. The van der Waals surface area contributed by atoms with Crippen LogP contribution in [0.1, 0.15) is 5.82 Å². The molecule has 0 saturated heterocycles. The molecule has 0 aliphatic carbocycles. The Morgan fingerprint density at radius 3 is 2.73 bits per heavy atom. The Labute approximate surface area is 68.7 Å². The molecule has 0 aromatic carbocycles. The fourth-order valence-electron chi connectivity index (χ4n) is 0.547. The molecule has 5 heteroatoms. The Hall–Kier alpha value is -1.10. The summed E-state index contributed by atoms with van der Waals surface area (Å²) in [6.07, 6.45) is 3.34. The molecule has 58 valence electrons. The van der Waals surface area contributed by atoms with Crippen molar-refractivity contribution < 1.29 is 0 Å². The molecule has 0 spiro atoms. The number of aromatic nitrogens is 2. The summed E-state index contributed by atoms with van der Waals surface area (Å²) >= 11 is 1.22. The minimum atomic E-state index is 0.0949. The Morgan fingerprint density at radius 1 is 1.55 bits per heavy atom. The first kappa shape index (κ1) is 8.00. The third-order valence-corrected chi connectivity index (χ3v) is 1.69. The quantitative estimate of drug-likeness (QED) is 0.501. The molecule has 0 amide bonds. The maximum absolute atomic E-state index is 6.93. The minimum Gasteiger partial charge on any atom is -0.379 e. The molecule has 0 aliphatic heterocycles. The van der Waals surface area contributed by atoms with Crippen LogP contribution in [0.4, 0.5) is 0 Å². The van der Waals surface area contributed by atoms with E-state index in [4.69, 9.17) is 11.1 Å². The normalized spacial score (nSPS) is 9.45. The van der Waals surface area contributed by atoms with Gasteiger partial charge >= 0.3 is 0 Å². The van der Waals surface area contributed by atoms with Gasteiger partial charge in [0.25, 0.3) is 0 Å². The van der Waals surface area contributed by atoms with Crippen molar-refractivity contribution in [2.24, 2.45) is 5.73 Å². The molecule has 3 N–H and O–H groups in total. The van der Waals surface area contributed by atoms with Crippen LogP contribution < -0.4 is 5.73 Å². The number of amidine groups is 1. The zero-order chi connectivity index (χ0) is 8.10. The number of hydrogen-bond donors (Lipinski definition) is 2. The lowest BCUT2D eigenvalue weighted by Gasteiger charge is -1.95. The van der Waals surface area contributed by atoms with Crippen LogP contribution >= 0.6 is 11.8 Å². The van der Waals surface area contributed by atoms with Crippen LogP contribution in [0.2, 0.25) is 0 Å². The van der Waals surface area contributed by atoms with E-state index in [1.165, 1.54) is 11.8 Å². The van der Waals surface area contributed by atoms with Gasteiger partial charge in [-0.05, 0) is 6.07 Å². The number of nitrogens with two attached hydrogens (primary N) is 1. The van der Waals surface area contributed by atoms with Gasteiger partial charge in [0.1, 0.15) is 5.82 Å². The summed E-state index contributed by atoms with van der Waals surface area (Å²) < 4.78 is 0. The maximum atomic E-state index is 6.93. The van der Waals surface area contributed by atoms with E-state index in [0.717, 1.165) is 0 Å². The van der Waals surface area contributed by atoms with Crippen molar-refractivity contribution in [3.8, 4) is 0 Å². The van der Waals surface area contributed by atoms with E-state index in [9.17, 15) is 0 Å². The van der Waals surface area contributed by atoms with Gasteiger partial charge in [-0.1, -0.05) is 11.8 Å². The zero-order valence-corrected chi connectivity index (χ0v) is 6.64. The molecule has 0 radical (unpaired) electrons. The van der Waals surface area contributed by atoms with Gasteiger partial charge in [-0.15, -0.1) is 0 Å². The van der Waals surface area contributed by atoms with Crippen LogP contribution in [0.25, 0.3) is 0 Å². The summed E-state index contributed by atoms with van der Waals surface area (Å²) in [4.78, 5) is 7.93. The highest BCUT2D eigenvalue weighted by atomic mass is 32.2. The van der Waals surface area contributed by atoms with Crippen molar-refractivity contribution in [1.82, 2.24) is 9.97 Å². The lowest BCUT2D eigenvalue weighted by Crippen LogP contribution is -2.04. The number of hydrogen-bond acceptors (Lipinski definition) is 4. The number of rotatable bonds is 2. The highest BCUT2D eigenvalue weighted by Gasteiger charge is 1.95. The van der Waals surface area contributed by atoms with E-state index in [1.54, 1.807) is 18.5 Å². The highest BCUT2D eigenvalue weighted by molar-refractivity contribution is 8.12. The van der Waals surface area contributed by atoms with Crippen molar-refractivity contribution in [3.63, 3.8) is 0 Å². The van der Waals surface area contributed by atoms with E-state index in [2.05, 4.69) is 9.97 Å². The first-order chi connectivity index (χ1) is 5.29. The number of nitrogens with one attached hydrogen (secondary N) is 1. The van der Waals surface area contributed by atoms with Crippen LogP contribution in [0, 0.1) is 5.41 Å². The summed E-state index contributed by atoms with van der Waals surface area (Å²) in [5.74, 6) is 1.27. The van der Waals surface area contributed by atoms with Gasteiger partial charge in [0.05, 0.1) is 5.75 Å². The van der Waals surface area contributed by atoms with Gasteiger partial charge in [-0.25, -0.2) is 9.97 Å². The van der Waals surface area contributed by atoms with Crippen molar-refractivity contribution in [2.75, 3.05) is 0 Å². The summed E-state index contributed by atoms with van der Waals surface area (Å²) in [6.45, 7) is 0. The fraction of sp³-hybridized carbons (Fsp3) is 0.167. The predicted molar refractivity (Wildman–Crippen MR) is 45.2 cm³/mol. The largest absolute Gasteiger partial charge is 0.379 e. The zero-order valence-electron chi connectivity index (χ0n) is 5.82. The third kappa shape index (κ3) is 2.99. The van der Waals surface area contributed by atoms with E-state index in [0.29, 0.717) is 11.6 Å². The van der Waals surface area contributed by atoms with E-state index >= 15 is 0 Å². The molecule has 0 bridgehead atoms. The average molecular weight is 168 g/mol. The van der Waals surface area contributed by atoms with E-state index in [1.807, 2.05) is 0 Å². The molecule has 11 heavy (non-hydrogen) atoms. The van der Waals surface area contributed by atoms with Gasteiger partial charge in [0.2, 0.25) is 0 Å². The Morgan fingerprint density at radius 2 is 2.18 bits per heavy atom. The van der Waals surface area contributed by atoms with Crippen molar-refractivity contribution in [1.29, 1.82) is 5.41 Å². The molecule has 4 nitrogen and oxygen atoms in total. The first-order valence-corrected chi connectivity index (χ1v) is 4.00. The molecule has 1 aromatic heterocycles. The standard InChI is InChI=1S/C6H8N4S/c7-6(8)11-4-5-9-2-1-3-10-5/h1-3H,4H2,(H3,7,8). The topological polar surface area (TPSA) is 75.7 Å². The van der Waals surface area contributed by atoms with Crippen molar-refractivity contribution in [2.45, 2.75) is 5.75 Å². The molecule has 0 unspecified atom stereocenters. The van der Waals surface area contributed by atoms with Crippen LogP contribution in [0.5, 0.6) is 0 Å². The lowest BCUT2D eigenvalue weighted by atomic mass is 10.6. The predicted octanol–water partition coefficient (Wildman–Crippen LogP) is 0.603. The van der Waals surface area contributed by atoms with Gasteiger partial charge < -0.3 is 5.73 Å². The number of thioether (sulfide) groups is 1. The van der Waals surface area contributed by atoms with Crippen LogP contribution in [0.3, 0.4) is 0 Å². The lowest BCUT2D eigenvalue weighted by molar-refractivity contribution is 1.04. The Balaban J connectivity index is 2.45. The minimum absolute atomic E-state index is 0.0949. The molecule has 0 fully saturated rings.